The van der Waals surface area contributed by atoms with Crippen LogP contribution in [0.25, 0.3) is 0 Å². The first-order valence-electron chi connectivity index (χ1n) is 6.99. The Labute approximate surface area is 137 Å². The molecule has 1 heterocycles. The lowest BCUT2D eigenvalue weighted by molar-refractivity contribution is -0.116. The quantitative estimate of drug-likeness (QED) is 0.907. The van der Waals surface area contributed by atoms with Crippen molar-refractivity contribution in [2.75, 3.05) is 5.32 Å². The van der Waals surface area contributed by atoms with Gasteiger partial charge in [0.05, 0.1) is 12.0 Å². The molecule has 0 saturated carbocycles. The molecule has 116 valence electrons. The summed E-state index contributed by atoms with van der Waals surface area (Å²) in [5.41, 5.74) is 2.18. The van der Waals surface area contributed by atoms with Gasteiger partial charge in [0.25, 0.3) is 5.56 Å². The lowest BCUT2D eigenvalue weighted by Gasteiger charge is -2.10. The monoisotopic (exact) mass is 363 g/mol. The highest BCUT2D eigenvalue weighted by molar-refractivity contribution is 9.10. The minimum atomic E-state index is -0.258. The van der Waals surface area contributed by atoms with Gasteiger partial charge in [0.15, 0.2) is 0 Å². The van der Waals surface area contributed by atoms with E-state index in [1.54, 1.807) is 0 Å². The van der Waals surface area contributed by atoms with E-state index in [0.29, 0.717) is 0 Å². The molecule has 0 saturated heterocycles. The number of nitrogens with zero attached hydrogens (tertiary/aromatic N) is 2. The predicted molar refractivity (Wildman–Crippen MR) is 90.1 cm³/mol. The van der Waals surface area contributed by atoms with Gasteiger partial charge in [-0.15, -0.1) is 0 Å². The molecule has 0 aliphatic carbocycles. The molecule has 0 atom stereocenters. The molecule has 0 unspecified atom stereocenters. The SMILES string of the molecule is Cc1cc(Br)ccc1NC(=O)Cn1cnc(C(C)C)cc1=O. The molecule has 1 aromatic heterocycles. The maximum Gasteiger partial charge on any atom is 0.254 e. The highest BCUT2D eigenvalue weighted by Gasteiger charge is 2.09. The van der Waals surface area contributed by atoms with Gasteiger partial charge in [0.1, 0.15) is 6.54 Å². The molecule has 0 radical (unpaired) electrons. The fraction of sp³-hybridized carbons (Fsp3) is 0.312. The normalized spacial score (nSPS) is 10.8. The molecule has 0 aliphatic rings. The van der Waals surface area contributed by atoms with Crippen molar-refractivity contribution in [3.05, 3.63) is 56.7 Å². The molecule has 0 bridgehead atoms. The van der Waals surface area contributed by atoms with Gasteiger partial charge >= 0.3 is 0 Å². The van der Waals surface area contributed by atoms with Gasteiger partial charge < -0.3 is 5.32 Å². The van der Waals surface area contributed by atoms with Gasteiger partial charge in [-0.3, -0.25) is 14.2 Å². The Kier molecular flexibility index (Phi) is 5.13. The zero-order chi connectivity index (χ0) is 16.3. The molecule has 6 heteroatoms. The highest BCUT2D eigenvalue weighted by atomic mass is 79.9. The van der Waals surface area contributed by atoms with Crippen LogP contribution in [-0.4, -0.2) is 15.5 Å². The number of aryl methyl sites for hydroxylation is 1. The van der Waals surface area contributed by atoms with Crippen molar-refractivity contribution in [2.24, 2.45) is 0 Å². The summed E-state index contributed by atoms with van der Waals surface area (Å²) in [7, 11) is 0. The molecule has 0 aliphatic heterocycles. The fourth-order valence-electron chi connectivity index (χ4n) is 1.99. The molecule has 1 aromatic carbocycles. The van der Waals surface area contributed by atoms with Gasteiger partial charge in [-0.2, -0.15) is 0 Å². The average Bonchev–Trinajstić information content (AvgIpc) is 2.44. The maximum atomic E-state index is 12.1. The van der Waals surface area contributed by atoms with E-state index in [1.807, 2.05) is 39.0 Å². The van der Waals surface area contributed by atoms with Crippen molar-refractivity contribution in [3.8, 4) is 0 Å². The van der Waals surface area contributed by atoms with Gasteiger partial charge in [-0.1, -0.05) is 29.8 Å². The van der Waals surface area contributed by atoms with Gasteiger partial charge in [-0.25, -0.2) is 4.98 Å². The van der Waals surface area contributed by atoms with Crippen LogP contribution < -0.4 is 10.9 Å². The van der Waals surface area contributed by atoms with Crippen molar-refractivity contribution < 1.29 is 4.79 Å². The number of halogens is 1. The first-order chi connectivity index (χ1) is 10.4. The number of nitrogens with one attached hydrogen (secondary N) is 1. The zero-order valence-electron chi connectivity index (χ0n) is 12.8. The Bertz CT molecular complexity index is 753. The minimum absolute atomic E-state index is 0.0558. The second kappa shape index (κ2) is 6.87. The third kappa shape index (κ3) is 4.04. The molecule has 2 aromatic rings. The minimum Gasteiger partial charge on any atom is -0.324 e. The summed E-state index contributed by atoms with van der Waals surface area (Å²) in [5, 5.41) is 2.80. The van der Waals surface area contributed by atoms with E-state index in [1.165, 1.54) is 17.0 Å². The molecule has 0 spiro atoms. The van der Waals surface area contributed by atoms with Crippen LogP contribution in [0.4, 0.5) is 5.69 Å². The van der Waals surface area contributed by atoms with Crippen LogP contribution in [0, 0.1) is 6.92 Å². The van der Waals surface area contributed by atoms with E-state index in [-0.39, 0.29) is 23.9 Å². The lowest BCUT2D eigenvalue weighted by Crippen LogP contribution is -2.28. The number of rotatable bonds is 4. The Hall–Kier alpha value is -1.95. The van der Waals surface area contributed by atoms with Crippen LogP contribution >= 0.6 is 15.9 Å². The summed E-state index contributed by atoms with van der Waals surface area (Å²) in [5.74, 6) is -0.0757. The number of amides is 1. The molecule has 22 heavy (non-hydrogen) atoms. The fourth-order valence-corrected chi connectivity index (χ4v) is 2.46. The van der Waals surface area contributed by atoms with Crippen LogP contribution in [0.5, 0.6) is 0 Å². The summed E-state index contributed by atoms with van der Waals surface area (Å²) in [6, 6.07) is 7.07. The van der Waals surface area contributed by atoms with E-state index in [0.717, 1.165) is 21.4 Å². The van der Waals surface area contributed by atoms with Crippen LogP contribution in [0.2, 0.25) is 0 Å². The Morgan fingerprint density at radius 2 is 2.09 bits per heavy atom. The standard InChI is InChI=1S/C16H18BrN3O2/c1-10(2)14-7-16(22)20(9-18-14)8-15(21)19-13-5-4-12(17)6-11(13)3/h4-7,9-10H,8H2,1-3H3,(H,19,21). The maximum absolute atomic E-state index is 12.1. The second-order valence-electron chi connectivity index (χ2n) is 5.44. The van der Waals surface area contributed by atoms with Crippen molar-refractivity contribution >= 4 is 27.5 Å². The molecule has 1 amide bonds. The third-order valence-corrected chi connectivity index (χ3v) is 3.76. The molecular formula is C16H18BrN3O2. The number of hydrogen-bond acceptors (Lipinski definition) is 3. The van der Waals surface area contributed by atoms with Gasteiger partial charge in [-0.05, 0) is 36.6 Å². The summed E-state index contributed by atoms with van der Waals surface area (Å²) in [6.45, 7) is 5.79. The number of hydrogen-bond donors (Lipinski definition) is 1. The van der Waals surface area contributed by atoms with Crippen LogP contribution in [0.1, 0.15) is 31.0 Å². The summed E-state index contributed by atoms with van der Waals surface area (Å²) >= 11 is 3.38. The van der Waals surface area contributed by atoms with E-state index in [9.17, 15) is 9.59 Å². The Morgan fingerprint density at radius 1 is 1.36 bits per heavy atom. The first kappa shape index (κ1) is 16.4. The Morgan fingerprint density at radius 3 is 2.68 bits per heavy atom. The van der Waals surface area contributed by atoms with E-state index in [4.69, 9.17) is 0 Å². The zero-order valence-corrected chi connectivity index (χ0v) is 14.3. The number of anilines is 1. The van der Waals surface area contributed by atoms with Crippen LogP contribution in [0.15, 0.2) is 39.9 Å². The van der Waals surface area contributed by atoms with Gasteiger partial charge in [0, 0.05) is 16.2 Å². The van der Waals surface area contributed by atoms with Crippen molar-refractivity contribution in [1.29, 1.82) is 0 Å². The second-order valence-corrected chi connectivity index (χ2v) is 6.36. The topological polar surface area (TPSA) is 64.0 Å². The Balaban J connectivity index is 2.11. The van der Waals surface area contributed by atoms with E-state index < -0.39 is 0 Å². The van der Waals surface area contributed by atoms with E-state index in [2.05, 4.69) is 26.2 Å². The predicted octanol–water partition coefficient (Wildman–Crippen LogP) is 3.08. The number of benzene rings is 1. The lowest BCUT2D eigenvalue weighted by atomic mass is 10.1. The number of carbonyl (C=O) groups excluding carboxylic acids is 1. The van der Waals surface area contributed by atoms with Crippen molar-refractivity contribution in [1.82, 2.24) is 9.55 Å². The molecule has 0 fully saturated rings. The summed E-state index contributed by atoms with van der Waals surface area (Å²) in [6.07, 6.45) is 1.42. The molecular weight excluding hydrogens is 346 g/mol. The average molecular weight is 364 g/mol. The van der Waals surface area contributed by atoms with Crippen LogP contribution in [-0.2, 0) is 11.3 Å². The van der Waals surface area contributed by atoms with E-state index >= 15 is 0 Å². The molecule has 1 N–H and O–H groups in total. The smallest absolute Gasteiger partial charge is 0.254 e. The number of aromatic nitrogens is 2. The molecule has 2 rings (SSSR count). The van der Waals surface area contributed by atoms with Crippen molar-refractivity contribution in [2.45, 2.75) is 33.2 Å². The third-order valence-electron chi connectivity index (χ3n) is 3.27. The molecule has 5 nitrogen and oxygen atoms in total. The number of carbonyl (C=O) groups is 1. The largest absolute Gasteiger partial charge is 0.324 e. The highest BCUT2D eigenvalue weighted by Crippen LogP contribution is 2.19. The van der Waals surface area contributed by atoms with Crippen molar-refractivity contribution in [3.63, 3.8) is 0 Å². The summed E-state index contributed by atoms with van der Waals surface area (Å²) in [4.78, 5) is 28.3. The first-order valence-corrected chi connectivity index (χ1v) is 7.78. The van der Waals surface area contributed by atoms with Crippen LogP contribution in [0.3, 0.4) is 0 Å². The summed E-state index contributed by atoms with van der Waals surface area (Å²) < 4.78 is 2.25. The van der Waals surface area contributed by atoms with Gasteiger partial charge in [0.2, 0.25) is 5.91 Å².